The van der Waals surface area contributed by atoms with E-state index in [1.807, 2.05) is 6.92 Å². The third-order valence-electron chi connectivity index (χ3n) is 3.51. The van der Waals surface area contributed by atoms with Crippen LogP contribution in [0.2, 0.25) is 0 Å². The molecule has 0 amide bonds. The molecule has 8 heteroatoms. The molecular formula is C18H17FN2O3S2. The van der Waals surface area contributed by atoms with Gasteiger partial charge in [0.2, 0.25) is 0 Å². The van der Waals surface area contributed by atoms with Gasteiger partial charge < -0.3 is 4.74 Å². The molecule has 26 heavy (non-hydrogen) atoms. The molecule has 3 rings (SSSR count). The Labute approximate surface area is 155 Å². The summed E-state index contributed by atoms with van der Waals surface area (Å²) < 4.78 is 45.6. The predicted molar refractivity (Wildman–Crippen MR) is 99.7 cm³/mol. The van der Waals surface area contributed by atoms with Gasteiger partial charge in [0, 0.05) is 17.5 Å². The Kier molecular flexibility index (Phi) is 5.53. The summed E-state index contributed by atoms with van der Waals surface area (Å²) in [5, 5.41) is 0.288. The van der Waals surface area contributed by atoms with Gasteiger partial charge in [-0.15, -0.1) is 11.3 Å². The number of hydrogen-bond donors (Lipinski definition) is 1. The van der Waals surface area contributed by atoms with Gasteiger partial charge in [-0.2, -0.15) is 0 Å². The minimum absolute atomic E-state index is 0.135. The maximum atomic E-state index is 13.0. The Morgan fingerprint density at radius 1 is 1.12 bits per heavy atom. The summed E-state index contributed by atoms with van der Waals surface area (Å²) in [7, 11) is -3.72. The average molecular weight is 392 g/mol. The fraction of sp³-hybridized carbons (Fsp3) is 0.167. The zero-order valence-electron chi connectivity index (χ0n) is 14.0. The van der Waals surface area contributed by atoms with Gasteiger partial charge in [0.05, 0.1) is 11.5 Å². The van der Waals surface area contributed by atoms with E-state index in [-0.39, 0.29) is 15.8 Å². The quantitative estimate of drug-likeness (QED) is 0.658. The van der Waals surface area contributed by atoms with Crippen molar-refractivity contribution in [2.75, 3.05) is 11.3 Å². The van der Waals surface area contributed by atoms with E-state index < -0.39 is 10.0 Å². The van der Waals surface area contributed by atoms with Crippen molar-refractivity contribution in [3.8, 4) is 5.75 Å². The van der Waals surface area contributed by atoms with Crippen molar-refractivity contribution in [1.29, 1.82) is 0 Å². The molecule has 1 aromatic heterocycles. The molecule has 0 aliphatic carbocycles. The summed E-state index contributed by atoms with van der Waals surface area (Å²) in [4.78, 5) is 5.13. The third kappa shape index (κ3) is 4.59. The minimum Gasteiger partial charge on any atom is -0.494 e. The van der Waals surface area contributed by atoms with Gasteiger partial charge in [0.25, 0.3) is 10.0 Å². The maximum Gasteiger partial charge on any atom is 0.263 e. The predicted octanol–water partition coefficient (Wildman–Crippen LogP) is 4.07. The number of nitrogens with zero attached hydrogens (tertiary/aromatic N) is 1. The molecule has 0 aliphatic rings. The molecule has 0 saturated heterocycles. The highest BCUT2D eigenvalue weighted by atomic mass is 32.2. The van der Waals surface area contributed by atoms with Crippen molar-refractivity contribution in [3.63, 3.8) is 0 Å². The Morgan fingerprint density at radius 3 is 2.46 bits per heavy atom. The first-order valence-electron chi connectivity index (χ1n) is 7.91. The van der Waals surface area contributed by atoms with Crippen LogP contribution in [0, 0.1) is 5.82 Å². The van der Waals surface area contributed by atoms with E-state index in [1.165, 1.54) is 35.6 Å². The van der Waals surface area contributed by atoms with Gasteiger partial charge in [-0.1, -0.05) is 12.1 Å². The lowest BCUT2D eigenvalue weighted by molar-refractivity contribution is 0.340. The summed E-state index contributed by atoms with van der Waals surface area (Å²) >= 11 is 1.24. The Hall–Kier alpha value is -2.45. The summed E-state index contributed by atoms with van der Waals surface area (Å²) in [6.45, 7) is 2.37. The van der Waals surface area contributed by atoms with Crippen LogP contribution in [0.1, 0.15) is 17.4 Å². The van der Waals surface area contributed by atoms with E-state index in [2.05, 4.69) is 9.71 Å². The van der Waals surface area contributed by atoms with Crippen LogP contribution in [0.25, 0.3) is 0 Å². The molecule has 0 bridgehead atoms. The van der Waals surface area contributed by atoms with Crippen LogP contribution in [0.15, 0.2) is 59.6 Å². The zero-order valence-corrected chi connectivity index (χ0v) is 15.6. The second-order valence-electron chi connectivity index (χ2n) is 5.44. The van der Waals surface area contributed by atoms with E-state index in [1.54, 1.807) is 30.5 Å². The SMILES string of the molecule is CCOc1ccc(S(=O)(=O)Nc2ncc(Cc3ccc(F)cc3)s2)cc1. The molecule has 0 unspecified atom stereocenters. The zero-order chi connectivity index (χ0) is 18.6. The van der Waals surface area contributed by atoms with Crippen LogP contribution in [0.3, 0.4) is 0 Å². The summed E-state index contributed by atoms with van der Waals surface area (Å²) in [6, 6.07) is 12.4. The summed E-state index contributed by atoms with van der Waals surface area (Å²) in [6.07, 6.45) is 2.17. The highest BCUT2D eigenvalue weighted by molar-refractivity contribution is 7.93. The Bertz CT molecular complexity index is 968. The topological polar surface area (TPSA) is 68.3 Å². The smallest absolute Gasteiger partial charge is 0.263 e. The Morgan fingerprint density at radius 2 is 1.81 bits per heavy atom. The first kappa shape index (κ1) is 18.3. The molecule has 2 aromatic carbocycles. The molecular weight excluding hydrogens is 375 g/mol. The van der Waals surface area contributed by atoms with Gasteiger partial charge in [-0.25, -0.2) is 17.8 Å². The van der Waals surface area contributed by atoms with Crippen LogP contribution in [-0.4, -0.2) is 20.0 Å². The van der Waals surface area contributed by atoms with Crippen molar-refractivity contribution in [1.82, 2.24) is 4.98 Å². The molecule has 0 radical (unpaired) electrons. The normalized spacial score (nSPS) is 11.3. The highest BCUT2D eigenvalue weighted by Gasteiger charge is 2.16. The highest BCUT2D eigenvalue weighted by Crippen LogP contribution is 2.24. The van der Waals surface area contributed by atoms with Gasteiger partial charge in [-0.3, -0.25) is 4.72 Å². The second-order valence-corrected chi connectivity index (χ2v) is 8.24. The molecule has 0 fully saturated rings. The second kappa shape index (κ2) is 7.84. The lowest BCUT2D eigenvalue weighted by Crippen LogP contribution is -2.12. The lowest BCUT2D eigenvalue weighted by atomic mass is 10.1. The number of halogens is 1. The summed E-state index contributed by atoms with van der Waals surface area (Å²) in [5.74, 6) is 0.323. The number of aromatic nitrogens is 1. The fourth-order valence-corrected chi connectivity index (χ4v) is 4.38. The number of anilines is 1. The monoisotopic (exact) mass is 392 g/mol. The lowest BCUT2D eigenvalue weighted by Gasteiger charge is -2.07. The summed E-state index contributed by atoms with van der Waals surface area (Å²) in [5.41, 5.74) is 0.927. The maximum absolute atomic E-state index is 13.0. The first-order valence-corrected chi connectivity index (χ1v) is 10.2. The van der Waals surface area contributed by atoms with Crippen molar-refractivity contribution in [3.05, 3.63) is 71.0 Å². The molecule has 136 valence electrons. The number of sulfonamides is 1. The van der Waals surface area contributed by atoms with E-state index >= 15 is 0 Å². The van der Waals surface area contributed by atoms with Crippen molar-refractivity contribution in [2.24, 2.45) is 0 Å². The van der Waals surface area contributed by atoms with E-state index in [9.17, 15) is 12.8 Å². The van der Waals surface area contributed by atoms with Gasteiger partial charge in [0.1, 0.15) is 11.6 Å². The van der Waals surface area contributed by atoms with Crippen molar-refractivity contribution in [2.45, 2.75) is 18.2 Å². The van der Waals surface area contributed by atoms with Crippen LogP contribution < -0.4 is 9.46 Å². The van der Waals surface area contributed by atoms with E-state index in [0.29, 0.717) is 18.8 Å². The fourth-order valence-electron chi connectivity index (χ4n) is 2.30. The minimum atomic E-state index is -3.72. The average Bonchev–Trinajstić information content (AvgIpc) is 3.04. The molecule has 1 N–H and O–H groups in total. The molecule has 0 saturated carbocycles. The number of thiazole rings is 1. The molecule has 0 atom stereocenters. The van der Waals surface area contributed by atoms with Gasteiger partial charge in [0.15, 0.2) is 5.13 Å². The molecule has 1 heterocycles. The number of ether oxygens (including phenoxy) is 1. The number of benzene rings is 2. The number of hydrogen-bond acceptors (Lipinski definition) is 5. The molecule has 3 aromatic rings. The third-order valence-corrected chi connectivity index (χ3v) is 5.91. The van der Waals surface area contributed by atoms with Gasteiger partial charge >= 0.3 is 0 Å². The van der Waals surface area contributed by atoms with Crippen molar-refractivity contribution < 1.29 is 17.5 Å². The first-order chi connectivity index (χ1) is 12.5. The van der Waals surface area contributed by atoms with Crippen LogP contribution >= 0.6 is 11.3 Å². The molecule has 0 aliphatic heterocycles. The van der Waals surface area contributed by atoms with Crippen LogP contribution in [0.4, 0.5) is 9.52 Å². The van der Waals surface area contributed by atoms with Crippen LogP contribution in [0.5, 0.6) is 5.75 Å². The molecule has 5 nitrogen and oxygen atoms in total. The Balaban J connectivity index is 1.70. The van der Waals surface area contributed by atoms with Gasteiger partial charge in [-0.05, 0) is 48.9 Å². The molecule has 0 spiro atoms. The standard InChI is InChI=1S/C18H17FN2O3S2/c1-2-24-15-7-9-17(10-8-15)26(22,23)21-18-20-12-16(25-18)11-13-3-5-14(19)6-4-13/h3-10,12H,2,11H2,1H3,(H,20,21). The number of nitrogens with one attached hydrogen (secondary N) is 1. The van der Waals surface area contributed by atoms with Crippen molar-refractivity contribution >= 4 is 26.5 Å². The van der Waals surface area contributed by atoms with Crippen LogP contribution in [-0.2, 0) is 16.4 Å². The van der Waals surface area contributed by atoms with E-state index in [0.717, 1.165) is 10.4 Å². The largest absolute Gasteiger partial charge is 0.494 e. The van der Waals surface area contributed by atoms with E-state index in [4.69, 9.17) is 4.74 Å². The number of rotatable bonds is 7.